The van der Waals surface area contributed by atoms with Crippen molar-refractivity contribution in [3.05, 3.63) is 59.4 Å². The zero-order valence-electron chi connectivity index (χ0n) is 18.4. The van der Waals surface area contributed by atoms with Crippen LogP contribution in [0.3, 0.4) is 0 Å². The van der Waals surface area contributed by atoms with Gasteiger partial charge < -0.3 is 19.7 Å². The Balaban J connectivity index is 1.86. The second-order valence-corrected chi connectivity index (χ2v) is 8.04. The molecule has 2 aromatic rings. The maximum atomic E-state index is 13.2. The highest BCUT2D eigenvalue weighted by Crippen LogP contribution is 2.42. The number of rotatable bonds is 7. The molecule has 1 aliphatic heterocycles. The number of hydrogen-bond acceptors (Lipinski definition) is 4. The van der Waals surface area contributed by atoms with E-state index in [9.17, 15) is 14.0 Å². The van der Waals surface area contributed by atoms with Crippen molar-refractivity contribution in [2.24, 2.45) is 11.8 Å². The lowest BCUT2D eigenvalue weighted by molar-refractivity contribution is -0.133. The first-order valence-corrected chi connectivity index (χ1v) is 10.4. The first-order valence-electron chi connectivity index (χ1n) is 10.4. The topological polar surface area (TPSA) is 67.9 Å². The number of likely N-dealkylation sites (tertiary alicyclic amines) is 1. The second kappa shape index (κ2) is 9.81. The predicted octanol–water partition coefficient (Wildman–Crippen LogP) is 3.36. The van der Waals surface area contributed by atoms with Gasteiger partial charge in [-0.1, -0.05) is 38.1 Å². The van der Waals surface area contributed by atoms with Gasteiger partial charge in [-0.15, -0.1) is 0 Å². The molecule has 0 aromatic heterocycles. The average molecular weight is 429 g/mol. The van der Waals surface area contributed by atoms with Crippen molar-refractivity contribution < 1.29 is 23.5 Å². The van der Waals surface area contributed by atoms with Gasteiger partial charge in [0, 0.05) is 37.0 Å². The van der Waals surface area contributed by atoms with Gasteiger partial charge in [-0.3, -0.25) is 9.59 Å². The molecule has 1 N–H and O–H groups in total. The Morgan fingerprint density at radius 1 is 1.10 bits per heavy atom. The normalized spacial score (nSPS) is 18.2. The van der Waals surface area contributed by atoms with Crippen LogP contribution in [0.4, 0.5) is 4.39 Å². The van der Waals surface area contributed by atoms with E-state index in [4.69, 9.17) is 9.47 Å². The molecule has 0 bridgehead atoms. The molecule has 31 heavy (non-hydrogen) atoms. The number of halogens is 1. The zero-order chi connectivity index (χ0) is 22.5. The molecular formula is C24H29FN2O4. The fourth-order valence-corrected chi connectivity index (χ4v) is 4.06. The summed E-state index contributed by atoms with van der Waals surface area (Å²) in [6.07, 6.45) is 0. The Morgan fingerprint density at radius 3 is 2.42 bits per heavy atom. The lowest BCUT2D eigenvalue weighted by Gasteiger charge is -2.21. The van der Waals surface area contributed by atoms with Crippen LogP contribution in [0.15, 0.2) is 42.5 Å². The van der Waals surface area contributed by atoms with E-state index in [0.29, 0.717) is 24.6 Å². The zero-order valence-corrected chi connectivity index (χ0v) is 18.4. The van der Waals surface area contributed by atoms with E-state index in [1.165, 1.54) is 12.1 Å². The minimum atomic E-state index is -0.441. The van der Waals surface area contributed by atoms with Gasteiger partial charge in [-0.2, -0.15) is 0 Å². The quantitative estimate of drug-likeness (QED) is 0.734. The van der Waals surface area contributed by atoms with Crippen molar-refractivity contribution in [3.63, 3.8) is 0 Å². The summed E-state index contributed by atoms with van der Waals surface area (Å²) in [7, 11) is 3.13. The summed E-state index contributed by atoms with van der Waals surface area (Å²) in [6.45, 7) is 4.75. The second-order valence-electron chi connectivity index (χ2n) is 8.04. The van der Waals surface area contributed by atoms with Gasteiger partial charge in [0.2, 0.25) is 11.8 Å². The molecule has 1 heterocycles. The SMILES string of the molecule is COc1cccc([C@@H]2CN(C(=O)C(C)C)C[C@H]2C(=O)NCc2ccc(F)cc2)c1OC. The number of carbonyl (C=O) groups excluding carboxylic acids is 2. The van der Waals surface area contributed by atoms with E-state index < -0.39 is 5.92 Å². The third-order valence-corrected chi connectivity index (χ3v) is 5.68. The molecule has 6 nitrogen and oxygen atoms in total. The van der Waals surface area contributed by atoms with Crippen LogP contribution < -0.4 is 14.8 Å². The molecule has 166 valence electrons. The molecule has 1 fully saturated rings. The summed E-state index contributed by atoms with van der Waals surface area (Å²) in [4.78, 5) is 27.6. The molecular weight excluding hydrogens is 399 g/mol. The summed E-state index contributed by atoms with van der Waals surface area (Å²) < 4.78 is 24.2. The Kier molecular flexibility index (Phi) is 7.15. The standard InChI is InChI=1S/C24H29FN2O4/c1-15(2)24(29)27-13-19(18-6-5-7-21(30-3)22(18)31-4)20(14-27)23(28)26-12-16-8-10-17(25)11-9-16/h5-11,15,19-20H,12-14H2,1-4H3,(H,26,28)/t19-,20+/m0/s1. The van der Waals surface area contributed by atoms with Crippen LogP contribution >= 0.6 is 0 Å². The molecule has 3 rings (SSSR count). The van der Waals surface area contributed by atoms with Crippen LogP contribution in [0.2, 0.25) is 0 Å². The van der Waals surface area contributed by atoms with Crippen molar-refractivity contribution in [1.82, 2.24) is 10.2 Å². The predicted molar refractivity (Wildman–Crippen MR) is 115 cm³/mol. The van der Waals surface area contributed by atoms with E-state index in [1.54, 1.807) is 37.3 Å². The number of ether oxygens (including phenoxy) is 2. The molecule has 2 aromatic carbocycles. The highest BCUT2D eigenvalue weighted by molar-refractivity contribution is 5.84. The molecule has 0 spiro atoms. The highest BCUT2D eigenvalue weighted by atomic mass is 19.1. The van der Waals surface area contributed by atoms with Crippen molar-refractivity contribution in [2.45, 2.75) is 26.3 Å². The van der Waals surface area contributed by atoms with Crippen LogP contribution in [0.1, 0.15) is 30.9 Å². The van der Waals surface area contributed by atoms with E-state index >= 15 is 0 Å². The van der Waals surface area contributed by atoms with Gasteiger partial charge in [0.1, 0.15) is 5.82 Å². The molecule has 0 saturated carbocycles. The molecule has 1 saturated heterocycles. The average Bonchev–Trinajstić information content (AvgIpc) is 3.22. The number of methoxy groups -OCH3 is 2. The highest BCUT2D eigenvalue weighted by Gasteiger charge is 2.42. The van der Waals surface area contributed by atoms with E-state index in [0.717, 1.165) is 11.1 Å². The minimum absolute atomic E-state index is 0.0145. The van der Waals surface area contributed by atoms with Crippen LogP contribution in [0.25, 0.3) is 0 Å². The number of hydrogen-bond donors (Lipinski definition) is 1. The van der Waals surface area contributed by atoms with Gasteiger partial charge in [0.05, 0.1) is 20.1 Å². The van der Waals surface area contributed by atoms with Crippen molar-refractivity contribution >= 4 is 11.8 Å². The first-order chi connectivity index (χ1) is 14.8. The van der Waals surface area contributed by atoms with Crippen LogP contribution in [-0.2, 0) is 16.1 Å². The molecule has 2 atom stereocenters. The molecule has 0 unspecified atom stereocenters. The lowest BCUT2D eigenvalue weighted by atomic mass is 9.87. The number of carbonyl (C=O) groups is 2. The Hall–Kier alpha value is -3.09. The fourth-order valence-electron chi connectivity index (χ4n) is 4.06. The third-order valence-electron chi connectivity index (χ3n) is 5.68. The van der Waals surface area contributed by atoms with Gasteiger partial charge in [0.15, 0.2) is 11.5 Å². The number of nitrogens with zero attached hydrogens (tertiary/aromatic N) is 1. The number of benzene rings is 2. The smallest absolute Gasteiger partial charge is 0.225 e. The molecule has 7 heteroatoms. The number of nitrogens with one attached hydrogen (secondary N) is 1. The molecule has 2 amide bonds. The van der Waals surface area contributed by atoms with Gasteiger partial charge >= 0.3 is 0 Å². The summed E-state index contributed by atoms with van der Waals surface area (Å²) >= 11 is 0. The lowest BCUT2D eigenvalue weighted by Crippen LogP contribution is -2.36. The summed E-state index contributed by atoms with van der Waals surface area (Å²) in [5.74, 6) is -0.138. The van der Waals surface area contributed by atoms with Crippen molar-refractivity contribution in [3.8, 4) is 11.5 Å². The Bertz CT molecular complexity index is 930. The third kappa shape index (κ3) is 4.98. The Morgan fingerprint density at radius 2 is 1.81 bits per heavy atom. The first kappa shape index (κ1) is 22.6. The number of para-hydroxylation sites is 1. The van der Waals surface area contributed by atoms with Gasteiger partial charge in [0.25, 0.3) is 0 Å². The molecule has 0 aliphatic carbocycles. The maximum Gasteiger partial charge on any atom is 0.225 e. The maximum absolute atomic E-state index is 13.2. The van der Waals surface area contributed by atoms with Gasteiger partial charge in [-0.25, -0.2) is 4.39 Å². The van der Waals surface area contributed by atoms with Crippen molar-refractivity contribution in [2.75, 3.05) is 27.3 Å². The number of amides is 2. The Labute approximate surface area is 182 Å². The summed E-state index contributed by atoms with van der Waals surface area (Å²) in [6, 6.07) is 11.6. The summed E-state index contributed by atoms with van der Waals surface area (Å²) in [5.41, 5.74) is 1.64. The minimum Gasteiger partial charge on any atom is -0.493 e. The van der Waals surface area contributed by atoms with E-state index in [-0.39, 0.29) is 36.0 Å². The van der Waals surface area contributed by atoms with E-state index in [1.807, 2.05) is 26.0 Å². The van der Waals surface area contributed by atoms with Crippen LogP contribution in [-0.4, -0.2) is 44.0 Å². The van der Waals surface area contributed by atoms with Crippen molar-refractivity contribution in [1.29, 1.82) is 0 Å². The van der Waals surface area contributed by atoms with Gasteiger partial charge in [-0.05, 0) is 23.8 Å². The largest absolute Gasteiger partial charge is 0.493 e. The molecule has 0 radical (unpaired) electrons. The summed E-state index contributed by atoms with van der Waals surface area (Å²) in [5, 5.41) is 2.94. The molecule has 1 aliphatic rings. The van der Waals surface area contributed by atoms with Crippen LogP contribution in [0, 0.1) is 17.7 Å². The fraction of sp³-hybridized carbons (Fsp3) is 0.417. The van der Waals surface area contributed by atoms with Crippen LogP contribution in [0.5, 0.6) is 11.5 Å². The van der Waals surface area contributed by atoms with E-state index in [2.05, 4.69) is 5.32 Å². The monoisotopic (exact) mass is 428 g/mol.